The molecule has 7 heteroatoms. The summed E-state index contributed by atoms with van der Waals surface area (Å²) in [6, 6.07) is 14.5. The lowest BCUT2D eigenvalue weighted by atomic mass is 9.94. The zero-order chi connectivity index (χ0) is 23.6. The van der Waals surface area contributed by atoms with Gasteiger partial charge in [-0.25, -0.2) is 0 Å². The van der Waals surface area contributed by atoms with Crippen LogP contribution in [0.1, 0.15) is 35.2 Å². The summed E-state index contributed by atoms with van der Waals surface area (Å²) in [5.74, 6) is 2.47. The maximum atomic E-state index is 5.85. The first kappa shape index (κ1) is 20.5. The number of hydrogen-bond acceptors (Lipinski definition) is 6. The van der Waals surface area contributed by atoms with Gasteiger partial charge in [0.15, 0.2) is 0 Å². The second-order valence-electron chi connectivity index (χ2n) is 8.80. The summed E-state index contributed by atoms with van der Waals surface area (Å²) in [6.45, 7) is 7.94. The molecule has 0 fully saturated rings. The van der Waals surface area contributed by atoms with Crippen molar-refractivity contribution in [2.45, 2.75) is 33.9 Å². The first-order valence-electron chi connectivity index (χ1n) is 11.3. The molecule has 0 radical (unpaired) electrons. The highest BCUT2D eigenvalue weighted by Crippen LogP contribution is 2.42. The van der Waals surface area contributed by atoms with Crippen LogP contribution >= 0.6 is 0 Å². The number of benzene rings is 2. The summed E-state index contributed by atoms with van der Waals surface area (Å²) in [6.07, 6.45) is -0.0771. The van der Waals surface area contributed by atoms with E-state index in [9.17, 15) is 0 Å². The van der Waals surface area contributed by atoms with E-state index in [-0.39, 0.29) is 6.17 Å². The molecule has 1 aliphatic rings. The van der Waals surface area contributed by atoms with E-state index in [0.717, 1.165) is 78.5 Å². The van der Waals surface area contributed by atoms with Crippen LogP contribution in [0.5, 0.6) is 5.75 Å². The topological polar surface area (TPSA) is 88.3 Å². The quantitative estimate of drug-likeness (QED) is 0.356. The van der Waals surface area contributed by atoms with Crippen molar-refractivity contribution in [1.29, 1.82) is 0 Å². The van der Waals surface area contributed by atoms with Gasteiger partial charge in [0.2, 0.25) is 0 Å². The molecule has 1 unspecified atom stereocenters. The molecule has 0 spiro atoms. The van der Waals surface area contributed by atoms with Crippen molar-refractivity contribution in [3.05, 3.63) is 70.7 Å². The minimum absolute atomic E-state index is 0.0771. The summed E-state index contributed by atoms with van der Waals surface area (Å²) in [7, 11) is 1.69. The van der Waals surface area contributed by atoms with Crippen LogP contribution in [0.2, 0.25) is 0 Å². The lowest BCUT2D eigenvalue weighted by Gasteiger charge is -2.22. The van der Waals surface area contributed by atoms with Crippen molar-refractivity contribution >= 4 is 33.3 Å². The highest BCUT2D eigenvalue weighted by atomic mass is 16.5. The Morgan fingerprint density at radius 2 is 1.79 bits per heavy atom. The Morgan fingerprint density at radius 1 is 0.971 bits per heavy atom. The van der Waals surface area contributed by atoms with Crippen LogP contribution in [0, 0.1) is 20.8 Å². The summed E-state index contributed by atoms with van der Waals surface area (Å²) in [4.78, 5) is 13.4. The molecule has 2 aromatic carbocycles. The molecule has 0 saturated carbocycles. The van der Waals surface area contributed by atoms with Gasteiger partial charge in [-0.2, -0.15) is 0 Å². The van der Waals surface area contributed by atoms with Crippen molar-refractivity contribution in [3.8, 4) is 16.9 Å². The van der Waals surface area contributed by atoms with Gasteiger partial charge in [-0.05, 0) is 52.0 Å². The van der Waals surface area contributed by atoms with Crippen LogP contribution in [0.4, 0.5) is 5.82 Å². The SMILES string of the molecule is COc1cc2c3c([nH]c2cc1-c1c(C)noc1C)NC(C)N=C3c1cc(C)nc2ccccc12. The van der Waals surface area contributed by atoms with Crippen LogP contribution in [-0.2, 0) is 0 Å². The van der Waals surface area contributed by atoms with E-state index >= 15 is 0 Å². The fraction of sp³-hybridized carbons (Fsp3) is 0.222. The Hall–Kier alpha value is -4.13. The summed E-state index contributed by atoms with van der Waals surface area (Å²) < 4.78 is 11.3. The number of ether oxygens (including phenoxy) is 1. The molecule has 5 aromatic rings. The highest BCUT2D eigenvalue weighted by molar-refractivity contribution is 6.27. The molecule has 1 atom stereocenters. The summed E-state index contributed by atoms with van der Waals surface area (Å²) >= 11 is 0. The molecule has 4 heterocycles. The van der Waals surface area contributed by atoms with E-state index in [1.54, 1.807) is 7.11 Å². The molecule has 170 valence electrons. The van der Waals surface area contributed by atoms with Gasteiger partial charge in [0, 0.05) is 33.1 Å². The van der Waals surface area contributed by atoms with E-state index in [1.807, 2.05) is 39.0 Å². The molecule has 34 heavy (non-hydrogen) atoms. The smallest absolute Gasteiger partial charge is 0.141 e. The number of aromatic amines is 1. The second-order valence-corrected chi connectivity index (χ2v) is 8.80. The number of aromatic nitrogens is 3. The van der Waals surface area contributed by atoms with Crippen molar-refractivity contribution in [3.63, 3.8) is 0 Å². The highest BCUT2D eigenvalue weighted by Gasteiger charge is 2.27. The van der Waals surface area contributed by atoms with E-state index in [0.29, 0.717) is 0 Å². The number of nitrogens with zero attached hydrogens (tertiary/aromatic N) is 3. The van der Waals surface area contributed by atoms with Crippen molar-refractivity contribution < 1.29 is 9.26 Å². The number of methoxy groups -OCH3 is 1. The molecular formula is C27H25N5O2. The van der Waals surface area contributed by atoms with E-state index in [2.05, 4.69) is 46.6 Å². The average molecular weight is 452 g/mol. The Labute approximate surface area is 196 Å². The monoisotopic (exact) mass is 451 g/mol. The van der Waals surface area contributed by atoms with Gasteiger partial charge in [-0.3, -0.25) is 9.98 Å². The van der Waals surface area contributed by atoms with Gasteiger partial charge in [-0.1, -0.05) is 23.4 Å². The fourth-order valence-electron chi connectivity index (χ4n) is 5.02. The number of H-pyrrole nitrogens is 1. The van der Waals surface area contributed by atoms with E-state index in [1.165, 1.54) is 0 Å². The number of aryl methyl sites for hydroxylation is 3. The van der Waals surface area contributed by atoms with Crippen LogP contribution in [0.25, 0.3) is 32.9 Å². The fourth-order valence-corrected chi connectivity index (χ4v) is 5.02. The number of pyridine rings is 1. The molecule has 0 amide bonds. The van der Waals surface area contributed by atoms with Crippen LogP contribution in [0.15, 0.2) is 52.0 Å². The number of anilines is 1. The van der Waals surface area contributed by atoms with Crippen LogP contribution in [-0.4, -0.2) is 34.1 Å². The maximum Gasteiger partial charge on any atom is 0.141 e. The molecule has 0 saturated heterocycles. The third-order valence-corrected chi connectivity index (χ3v) is 6.43. The molecule has 6 rings (SSSR count). The second kappa shape index (κ2) is 7.45. The molecule has 3 aromatic heterocycles. The van der Waals surface area contributed by atoms with Gasteiger partial charge in [0.1, 0.15) is 23.5 Å². The van der Waals surface area contributed by atoms with Crippen molar-refractivity contribution in [2.75, 3.05) is 12.4 Å². The third-order valence-electron chi connectivity index (χ3n) is 6.43. The Bertz CT molecular complexity index is 1610. The number of para-hydroxylation sites is 1. The Morgan fingerprint density at radius 3 is 2.56 bits per heavy atom. The van der Waals surface area contributed by atoms with E-state index in [4.69, 9.17) is 19.2 Å². The summed E-state index contributed by atoms with van der Waals surface area (Å²) in [5, 5.41) is 9.75. The molecule has 2 N–H and O–H groups in total. The Balaban J connectivity index is 1.64. The first-order chi connectivity index (χ1) is 16.4. The molecular weight excluding hydrogens is 426 g/mol. The van der Waals surface area contributed by atoms with Crippen LogP contribution < -0.4 is 10.1 Å². The minimum Gasteiger partial charge on any atom is -0.496 e. The van der Waals surface area contributed by atoms with Crippen molar-refractivity contribution in [2.24, 2.45) is 4.99 Å². The summed E-state index contributed by atoms with van der Waals surface area (Å²) in [5.41, 5.74) is 8.71. The minimum atomic E-state index is -0.0771. The van der Waals surface area contributed by atoms with Gasteiger partial charge < -0.3 is 19.6 Å². The lowest BCUT2D eigenvalue weighted by molar-refractivity contribution is 0.393. The lowest BCUT2D eigenvalue weighted by Crippen LogP contribution is -2.23. The zero-order valence-corrected chi connectivity index (χ0v) is 19.8. The van der Waals surface area contributed by atoms with Gasteiger partial charge in [-0.15, -0.1) is 0 Å². The molecule has 7 nitrogen and oxygen atoms in total. The Kier molecular flexibility index (Phi) is 4.49. The average Bonchev–Trinajstić information content (AvgIpc) is 3.34. The molecule has 1 aliphatic heterocycles. The maximum absolute atomic E-state index is 5.85. The largest absolute Gasteiger partial charge is 0.496 e. The van der Waals surface area contributed by atoms with Crippen LogP contribution in [0.3, 0.4) is 0 Å². The standard InChI is InChI=1S/C27H25N5O2/c1-13-10-18(17-8-6-7-9-21(17)28-13)26-25-19-12-23(33-5)20(24-14(2)32-34-15(24)3)11-22(19)31-27(25)30-16(4)29-26/h6-12,16,30-31H,1-5H3. The number of aliphatic imine (C=N–C) groups is 1. The zero-order valence-electron chi connectivity index (χ0n) is 19.8. The normalized spacial score (nSPS) is 15.3. The van der Waals surface area contributed by atoms with Gasteiger partial charge in [0.25, 0.3) is 0 Å². The first-order valence-corrected chi connectivity index (χ1v) is 11.3. The van der Waals surface area contributed by atoms with Gasteiger partial charge in [0.05, 0.1) is 35.2 Å². The molecule has 0 aliphatic carbocycles. The number of nitrogens with one attached hydrogen (secondary N) is 2. The predicted molar refractivity (Wildman–Crippen MR) is 135 cm³/mol. The van der Waals surface area contributed by atoms with Crippen molar-refractivity contribution in [1.82, 2.24) is 15.1 Å². The predicted octanol–water partition coefficient (Wildman–Crippen LogP) is 5.91. The molecule has 0 bridgehead atoms. The number of hydrogen-bond donors (Lipinski definition) is 2. The third kappa shape index (κ3) is 3.00. The van der Waals surface area contributed by atoms with Gasteiger partial charge >= 0.3 is 0 Å². The number of rotatable bonds is 3. The van der Waals surface area contributed by atoms with E-state index < -0.39 is 0 Å². The number of fused-ring (bicyclic) bond motifs is 4.